The molecule has 134 valence electrons. The van der Waals surface area contributed by atoms with Crippen molar-refractivity contribution in [3.05, 3.63) is 82.6 Å². The zero-order valence-electron chi connectivity index (χ0n) is 14.9. The number of carbonyl (C=O) groups is 1. The van der Waals surface area contributed by atoms with Gasteiger partial charge in [-0.2, -0.15) is 0 Å². The molecule has 0 fully saturated rings. The highest BCUT2D eigenvalue weighted by molar-refractivity contribution is 7.10. The van der Waals surface area contributed by atoms with Gasteiger partial charge in [0.05, 0.1) is 6.04 Å². The number of ether oxygens (including phenoxy) is 1. The summed E-state index contributed by atoms with van der Waals surface area (Å²) in [7, 11) is 4.04. The minimum Gasteiger partial charge on any atom is -0.457 e. The first-order valence-electron chi connectivity index (χ1n) is 8.44. The van der Waals surface area contributed by atoms with Crippen LogP contribution in [0.15, 0.2) is 72.1 Å². The molecule has 2 aromatic carbocycles. The van der Waals surface area contributed by atoms with E-state index < -0.39 is 0 Å². The zero-order valence-corrected chi connectivity index (χ0v) is 15.7. The van der Waals surface area contributed by atoms with E-state index in [1.54, 1.807) is 23.5 Å². The smallest absolute Gasteiger partial charge is 0.251 e. The second kappa shape index (κ2) is 8.65. The summed E-state index contributed by atoms with van der Waals surface area (Å²) in [6.45, 7) is 0.552. The standard InChI is InChI=1S/C21H22N2O2S/c1-23(2)19(20-12-7-13-26-20)15-22-21(24)16-8-6-11-18(14-16)25-17-9-4-3-5-10-17/h3-14,19H,15H2,1-2H3,(H,22,24)/t19-/m1/s1. The quantitative estimate of drug-likeness (QED) is 0.666. The molecule has 1 amide bonds. The van der Waals surface area contributed by atoms with Crippen molar-refractivity contribution in [3.8, 4) is 11.5 Å². The largest absolute Gasteiger partial charge is 0.457 e. The molecule has 3 rings (SSSR count). The third kappa shape index (κ3) is 4.71. The molecule has 0 radical (unpaired) electrons. The molecule has 1 aromatic heterocycles. The van der Waals surface area contributed by atoms with Gasteiger partial charge in [0.2, 0.25) is 0 Å². The maximum atomic E-state index is 12.6. The number of rotatable bonds is 7. The van der Waals surface area contributed by atoms with Crippen molar-refractivity contribution in [2.45, 2.75) is 6.04 Å². The number of benzene rings is 2. The summed E-state index contributed by atoms with van der Waals surface area (Å²) in [5.74, 6) is 1.29. The number of nitrogens with zero attached hydrogens (tertiary/aromatic N) is 1. The fourth-order valence-corrected chi connectivity index (χ4v) is 3.56. The SMILES string of the molecule is CN(C)[C@H](CNC(=O)c1cccc(Oc2ccccc2)c1)c1cccs1. The van der Waals surface area contributed by atoms with Crippen molar-refractivity contribution in [1.29, 1.82) is 0 Å². The number of hydrogen-bond acceptors (Lipinski definition) is 4. The Morgan fingerprint density at radius 3 is 2.50 bits per heavy atom. The minimum atomic E-state index is -0.105. The van der Waals surface area contributed by atoms with E-state index in [-0.39, 0.29) is 11.9 Å². The molecule has 1 N–H and O–H groups in total. The maximum absolute atomic E-state index is 12.6. The van der Waals surface area contributed by atoms with Crippen LogP contribution in [0, 0.1) is 0 Å². The van der Waals surface area contributed by atoms with E-state index in [1.165, 1.54) is 4.88 Å². The topological polar surface area (TPSA) is 41.6 Å². The lowest BCUT2D eigenvalue weighted by Gasteiger charge is -2.23. The molecule has 4 nitrogen and oxygen atoms in total. The lowest BCUT2D eigenvalue weighted by Crippen LogP contribution is -2.34. The van der Waals surface area contributed by atoms with E-state index >= 15 is 0 Å². The lowest BCUT2D eigenvalue weighted by atomic mass is 10.1. The first-order chi connectivity index (χ1) is 12.6. The van der Waals surface area contributed by atoms with Gasteiger partial charge in [0.25, 0.3) is 5.91 Å². The molecular weight excluding hydrogens is 344 g/mol. The monoisotopic (exact) mass is 366 g/mol. The number of amides is 1. The Morgan fingerprint density at radius 1 is 1.04 bits per heavy atom. The lowest BCUT2D eigenvalue weighted by molar-refractivity contribution is 0.0942. The highest BCUT2D eigenvalue weighted by Gasteiger charge is 2.17. The van der Waals surface area contributed by atoms with Crippen molar-refractivity contribution in [3.63, 3.8) is 0 Å². The number of hydrogen-bond donors (Lipinski definition) is 1. The molecule has 0 saturated heterocycles. The summed E-state index contributed by atoms with van der Waals surface area (Å²) in [4.78, 5) is 15.9. The van der Waals surface area contributed by atoms with Gasteiger partial charge in [-0.05, 0) is 55.9 Å². The van der Waals surface area contributed by atoms with Gasteiger partial charge in [0, 0.05) is 17.0 Å². The number of likely N-dealkylation sites (N-methyl/N-ethyl adjacent to an activating group) is 1. The fourth-order valence-electron chi connectivity index (χ4n) is 2.64. The van der Waals surface area contributed by atoms with E-state index in [4.69, 9.17) is 4.74 Å². The van der Waals surface area contributed by atoms with Crippen molar-refractivity contribution < 1.29 is 9.53 Å². The van der Waals surface area contributed by atoms with Crippen LogP contribution in [0.1, 0.15) is 21.3 Å². The van der Waals surface area contributed by atoms with Gasteiger partial charge in [-0.15, -0.1) is 11.3 Å². The number of para-hydroxylation sites is 1. The van der Waals surface area contributed by atoms with Crippen LogP contribution in [0.5, 0.6) is 11.5 Å². The summed E-state index contributed by atoms with van der Waals surface area (Å²) < 4.78 is 5.81. The predicted molar refractivity (Wildman–Crippen MR) is 106 cm³/mol. The van der Waals surface area contributed by atoms with Crippen LogP contribution in [0.3, 0.4) is 0 Å². The Kier molecular flexibility index (Phi) is 6.04. The highest BCUT2D eigenvalue weighted by Crippen LogP contribution is 2.23. The molecular formula is C21H22N2O2S. The molecule has 0 saturated carbocycles. The Hall–Kier alpha value is -2.63. The van der Waals surface area contributed by atoms with Crippen molar-refractivity contribution in [2.75, 3.05) is 20.6 Å². The van der Waals surface area contributed by atoms with E-state index in [0.717, 1.165) is 5.75 Å². The summed E-state index contributed by atoms with van der Waals surface area (Å²) >= 11 is 1.70. The summed E-state index contributed by atoms with van der Waals surface area (Å²) in [5, 5.41) is 5.08. The zero-order chi connectivity index (χ0) is 18.4. The molecule has 1 heterocycles. The average Bonchev–Trinajstić information content (AvgIpc) is 3.17. The molecule has 0 aliphatic rings. The molecule has 0 unspecified atom stereocenters. The van der Waals surface area contributed by atoms with Gasteiger partial charge in [-0.1, -0.05) is 30.3 Å². The maximum Gasteiger partial charge on any atom is 0.251 e. The van der Waals surface area contributed by atoms with Gasteiger partial charge in [0.1, 0.15) is 11.5 Å². The van der Waals surface area contributed by atoms with E-state index in [0.29, 0.717) is 17.9 Å². The van der Waals surface area contributed by atoms with Gasteiger partial charge < -0.3 is 15.0 Å². The molecule has 5 heteroatoms. The Labute approximate surface area is 158 Å². The van der Waals surface area contributed by atoms with E-state index in [1.807, 2.05) is 62.6 Å². The summed E-state index contributed by atoms with van der Waals surface area (Å²) in [6, 6.07) is 21.0. The van der Waals surface area contributed by atoms with Gasteiger partial charge >= 0.3 is 0 Å². The summed E-state index contributed by atoms with van der Waals surface area (Å²) in [5.41, 5.74) is 0.585. The van der Waals surface area contributed by atoms with Gasteiger partial charge in [0.15, 0.2) is 0 Å². The minimum absolute atomic E-state index is 0.105. The van der Waals surface area contributed by atoms with E-state index in [9.17, 15) is 4.79 Å². The van der Waals surface area contributed by atoms with Crippen molar-refractivity contribution >= 4 is 17.2 Å². The molecule has 0 bridgehead atoms. The van der Waals surface area contributed by atoms with Gasteiger partial charge in [-0.25, -0.2) is 0 Å². The first kappa shape index (κ1) is 18.2. The second-order valence-corrected chi connectivity index (χ2v) is 7.13. The second-order valence-electron chi connectivity index (χ2n) is 6.15. The molecule has 26 heavy (non-hydrogen) atoms. The molecule has 0 spiro atoms. The number of carbonyl (C=O) groups excluding carboxylic acids is 1. The van der Waals surface area contributed by atoms with Crippen LogP contribution in [0.2, 0.25) is 0 Å². The van der Waals surface area contributed by atoms with Crippen molar-refractivity contribution in [1.82, 2.24) is 10.2 Å². The number of nitrogens with one attached hydrogen (secondary N) is 1. The Bertz CT molecular complexity index is 832. The highest BCUT2D eigenvalue weighted by atomic mass is 32.1. The number of thiophene rings is 1. The van der Waals surface area contributed by atoms with Crippen LogP contribution in [0.25, 0.3) is 0 Å². The fraction of sp³-hybridized carbons (Fsp3) is 0.190. The Morgan fingerprint density at radius 2 is 1.81 bits per heavy atom. The third-order valence-electron chi connectivity index (χ3n) is 4.03. The average molecular weight is 366 g/mol. The van der Waals surface area contributed by atoms with Crippen LogP contribution in [0.4, 0.5) is 0 Å². The Balaban J connectivity index is 1.65. The predicted octanol–water partition coefficient (Wildman–Crippen LogP) is 4.57. The van der Waals surface area contributed by atoms with Crippen LogP contribution in [-0.2, 0) is 0 Å². The van der Waals surface area contributed by atoms with Crippen LogP contribution in [-0.4, -0.2) is 31.4 Å². The molecule has 3 aromatic rings. The summed E-state index contributed by atoms with van der Waals surface area (Å²) in [6.07, 6.45) is 0. The normalized spacial score (nSPS) is 12.0. The van der Waals surface area contributed by atoms with E-state index in [2.05, 4.69) is 21.7 Å². The van der Waals surface area contributed by atoms with Crippen LogP contribution >= 0.6 is 11.3 Å². The first-order valence-corrected chi connectivity index (χ1v) is 9.32. The molecule has 1 atom stereocenters. The third-order valence-corrected chi connectivity index (χ3v) is 5.00. The van der Waals surface area contributed by atoms with Crippen LogP contribution < -0.4 is 10.1 Å². The van der Waals surface area contributed by atoms with Gasteiger partial charge in [-0.3, -0.25) is 4.79 Å². The van der Waals surface area contributed by atoms with Crippen molar-refractivity contribution in [2.24, 2.45) is 0 Å². The molecule has 0 aliphatic carbocycles. The molecule has 0 aliphatic heterocycles.